The first-order valence-corrected chi connectivity index (χ1v) is 14.8. The summed E-state index contributed by atoms with van der Waals surface area (Å²) in [6.07, 6.45) is 7.92. The van der Waals surface area contributed by atoms with Gasteiger partial charge in [0.05, 0.1) is 13.2 Å². The fraction of sp³-hybridized carbons (Fsp3) is 0.759. The van der Waals surface area contributed by atoms with Crippen molar-refractivity contribution in [1.82, 2.24) is 20.1 Å². The number of hydrogen-bond acceptors (Lipinski definition) is 7. The number of pyridine rings is 1. The number of morpholine rings is 1. The minimum atomic E-state index is -0.955. The van der Waals surface area contributed by atoms with Gasteiger partial charge in [0.15, 0.2) is 0 Å². The maximum atomic E-state index is 12.5. The number of fused-ring (bicyclic) bond motifs is 1. The zero-order valence-electron chi connectivity index (χ0n) is 23.6. The molecule has 0 aliphatic carbocycles. The van der Waals surface area contributed by atoms with Gasteiger partial charge in [-0.1, -0.05) is 32.8 Å². The molecule has 1 amide bonds. The molecule has 0 aromatic carbocycles. The van der Waals surface area contributed by atoms with Crippen LogP contribution in [0.1, 0.15) is 70.1 Å². The summed E-state index contributed by atoms with van der Waals surface area (Å²) in [5, 5.41) is 16.0. The van der Waals surface area contributed by atoms with E-state index in [-0.39, 0.29) is 5.91 Å². The number of nitrogens with one attached hydrogen (secondary N) is 2. The SMILES string of the molecule is CCC(CC)CC(=O)NC(CCN(CCCCc1ccc2c(n1)NCCC2)CCN1CCOCC1)C(=O)O. The van der Waals surface area contributed by atoms with Crippen LogP contribution in [0.4, 0.5) is 5.82 Å². The van der Waals surface area contributed by atoms with E-state index in [1.807, 2.05) is 0 Å². The number of rotatable bonds is 17. The van der Waals surface area contributed by atoms with Crippen LogP contribution < -0.4 is 10.6 Å². The minimum Gasteiger partial charge on any atom is -0.480 e. The molecule has 214 valence electrons. The van der Waals surface area contributed by atoms with Crippen molar-refractivity contribution in [1.29, 1.82) is 0 Å². The monoisotopic (exact) mass is 531 g/mol. The highest BCUT2D eigenvalue weighted by molar-refractivity contribution is 5.83. The van der Waals surface area contributed by atoms with Gasteiger partial charge in [-0.3, -0.25) is 9.69 Å². The van der Waals surface area contributed by atoms with Gasteiger partial charge >= 0.3 is 5.97 Å². The quantitative estimate of drug-likeness (QED) is 0.263. The van der Waals surface area contributed by atoms with E-state index in [0.717, 1.165) is 103 Å². The molecule has 2 aliphatic rings. The van der Waals surface area contributed by atoms with Crippen molar-refractivity contribution in [2.45, 2.75) is 77.7 Å². The van der Waals surface area contributed by atoms with Gasteiger partial charge in [-0.2, -0.15) is 0 Å². The maximum absolute atomic E-state index is 12.5. The number of carboxylic acids is 1. The van der Waals surface area contributed by atoms with Crippen LogP contribution in [0.3, 0.4) is 0 Å². The average molecular weight is 532 g/mol. The Labute approximate surface area is 228 Å². The topological polar surface area (TPSA) is 107 Å². The molecular weight excluding hydrogens is 482 g/mol. The largest absolute Gasteiger partial charge is 0.480 e. The molecule has 9 heteroatoms. The van der Waals surface area contributed by atoms with E-state index < -0.39 is 12.0 Å². The Kier molecular flexibility index (Phi) is 13.3. The molecule has 0 spiro atoms. The van der Waals surface area contributed by atoms with Gasteiger partial charge in [0, 0.05) is 51.4 Å². The summed E-state index contributed by atoms with van der Waals surface area (Å²) in [7, 11) is 0. The third-order valence-electron chi connectivity index (χ3n) is 7.94. The normalized spacial score (nSPS) is 16.7. The van der Waals surface area contributed by atoms with Crippen LogP contribution in [0.15, 0.2) is 12.1 Å². The number of ether oxygens (including phenoxy) is 1. The first kappa shape index (κ1) is 30.3. The highest BCUT2D eigenvalue weighted by atomic mass is 16.5. The second-order valence-corrected chi connectivity index (χ2v) is 10.7. The molecule has 9 nitrogen and oxygen atoms in total. The van der Waals surface area contributed by atoms with Crippen LogP contribution in [0.5, 0.6) is 0 Å². The fourth-order valence-electron chi connectivity index (χ4n) is 5.25. The van der Waals surface area contributed by atoms with Crippen molar-refractivity contribution in [2.75, 3.05) is 64.3 Å². The van der Waals surface area contributed by atoms with Crippen molar-refractivity contribution in [2.24, 2.45) is 5.92 Å². The van der Waals surface area contributed by atoms with E-state index in [4.69, 9.17) is 9.72 Å². The van der Waals surface area contributed by atoms with E-state index >= 15 is 0 Å². The van der Waals surface area contributed by atoms with E-state index in [2.05, 4.69) is 46.4 Å². The average Bonchev–Trinajstić information content (AvgIpc) is 2.94. The molecule has 1 fully saturated rings. The van der Waals surface area contributed by atoms with E-state index in [9.17, 15) is 14.7 Å². The molecule has 1 saturated heterocycles. The zero-order valence-corrected chi connectivity index (χ0v) is 23.6. The second kappa shape index (κ2) is 16.7. The Balaban J connectivity index is 1.49. The zero-order chi connectivity index (χ0) is 27.2. The lowest BCUT2D eigenvalue weighted by atomic mass is 9.99. The number of anilines is 1. The van der Waals surface area contributed by atoms with Gasteiger partial charge in [0.1, 0.15) is 11.9 Å². The molecule has 3 N–H and O–H groups in total. The molecule has 0 radical (unpaired) electrons. The number of aromatic nitrogens is 1. The molecule has 3 rings (SSSR count). The van der Waals surface area contributed by atoms with Gasteiger partial charge in [-0.15, -0.1) is 0 Å². The molecular formula is C29H49N5O4. The minimum absolute atomic E-state index is 0.155. The Bertz CT molecular complexity index is 857. The number of aliphatic carboxylic acids is 1. The Morgan fingerprint density at radius 3 is 2.68 bits per heavy atom. The summed E-state index contributed by atoms with van der Waals surface area (Å²) in [5.74, 6) is 0.239. The molecule has 1 aromatic rings. The van der Waals surface area contributed by atoms with Crippen molar-refractivity contribution < 1.29 is 19.4 Å². The van der Waals surface area contributed by atoms with Crippen LogP contribution >= 0.6 is 0 Å². The molecule has 1 unspecified atom stereocenters. The van der Waals surface area contributed by atoms with Gasteiger partial charge in [0.2, 0.25) is 5.91 Å². The highest BCUT2D eigenvalue weighted by Gasteiger charge is 2.22. The Morgan fingerprint density at radius 1 is 1.16 bits per heavy atom. The van der Waals surface area contributed by atoms with E-state index in [1.165, 1.54) is 12.0 Å². The first-order chi connectivity index (χ1) is 18.5. The van der Waals surface area contributed by atoms with Crippen LogP contribution in [-0.2, 0) is 27.2 Å². The van der Waals surface area contributed by atoms with Gasteiger partial charge < -0.3 is 25.4 Å². The lowest BCUT2D eigenvalue weighted by Crippen LogP contribution is -2.45. The van der Waals surface area contributed by atoms with Crippen LogP contribution in [0.2, 0.25) is 0 Å². The summed E-state index contributed by atoms with van der Waals surface area (Å²) < 4.78 is 5.48. The van der Waals surface area contributed by atoms with Crippen molar-refractivity contribution >= 4 is 17.7 Å². The Hall–Kier alpha value is -2.23. The van der Waals surface area contributed by atoms with Crippen LogP contribution in [0, 0.1) is 5.92 Å². The summed E-state index contributed by atoms with van der Waals surface area (Å²) in [4.78, 5) is 34.0. The smallest absolute Gasteiger partial charge is 0.326 e. The van der Waals surface area contributed by atoms with Crippen LogP contribution in [-0.4, -0.2) is 96.8 Å². The molecule has 0 saturated carbocycles. The number of aryl methyl sites for hydroxylation is 2. The number of carboxylic acid groups (broad SMARTS) is 1. The predicted molar refractivity (Wildman–Crippen MR) is 151 cm³/mol. The summed E-state index contributed by atoms with van der Waals surface area (Å²) >= 11 is 0. The molecule has 3 heterocycles. The summed E-state index contributed by atoms with van der Waals surface area (Å²) in [5.41, 5.74) is 2.44. The van der Waals surface area contributed by atoms with Gasteiger partial charge in [0.25, 0.3) is 0 Å². The third-order valence-corrected chi connectivity index (χ3v) is 7.94. The number of nitrogens with zero attached hydrogens (tertiary/aromatic N) is 3. The molecule has 1 atom stereocenters. The molecule has 0 bridgehead atoms. The number of carbonyl (C=O) groups excluding carboxylic acids is 1. The Morgan fingerprint density at radius 2 is 1.95 bits per heavy atom. The summed E-state index contributed by atoms with van der Waals surface area (Å²) in [6, 6.07) is 3.51. The van der Waals surface area contributed by atoms with Crippen molar-refractivity contribution in [3.63, 3.8) is 0 Å². The van der Waals surface area contributed by atoms with Gasteiger partial charge in [-0.25, -0.2) is 9.78 Å². The lowest BCUT2D eigenvalue weighted by molar-refractivity contribution is -0.142. The van der Waals surface area contributed by atoms with Crippen molar-refractivity contribution in [3.8, 4) is 0 Å². The van der Waals surface area contributed by atoms with Crippen LogP contribution in [0.25, 0.3) is 0 Å². The number of unbranched alkanes of at least 4 members (excludes halogenated alkanes) is 1. The fourth-order valence-corrected chi connectivity index (χ4v) is 5.25. The van der Waals surface area contributed by atoms with E-state index in [0.29, 0.717) is 25.3 Å². The first-order valence-electron chi connectivity index (χ1n) is 14.8. The van der Waals surface area contributed by atoms with Crippen molar-refractivity contribution in [3.05, 3.63) is 23.4 Å². The molecule has 2 aliphatic heterocycles. The molecule has 1 aromatic heterocycles. The van der Waals surface area contributed by atoms with Gasteiger partial charge in [-0.05, 0) is 62.6 Å². The lowest BCUT2D eigenvalue weighted by Gasteiger charge is -2.30. The van der Waals surface area contributed by atoms with E-state index in [1.54, 1.807) is 0 Å². The number of amides is 1. The highest BCUT2D eigenvalue weighted by Crippen LogP contribution is 2.20. The second-order valence-electron chi connectivity index (χ2n) is 10.7. The standard InChI is InChI=1S/C29H49N5O4/c1-3-23(4-2)22-27(35)32-26(29(36)37)12-15-33(16-17-34-18-20-38-21-19-34)14-6-5-9-25-11-10-24-8-7-13-30-28(24)31-25/h10-11,23,26H,3-9,12-22H2,1-2H3,(H,30,31)(H,32,35)(H,36,37). The molecule has 38 heavy (non-hydrogen) atoms. The predicted octanol–water partition coefficient (Wildman–Crippen LogP) is 3.18. The maximum Gasteiger partial charge on any atom is 0.326 e. The number of carbonyl (C=O) groups is 2. The summed E-state index contributed by atoms with van der Waals surface area (Å²) in [6.45, 7) is 11.9. The number of hydrogen-bond donors (Lipinski definition) is 3. The third kappa shape index (κ3) is 10.5.